The van der Waals surface area contributed by atoms with E-state index in [1.807, 2.05) is 6.08 Å². The van der Waals surface area contributed by atoms with E-state index in [1.165, 1.54) is 13.8 Å². The average molecular weight is 424 g/mol. The van der Waals surface area contributed by atoms with Crippen molar-refractivity contribution < 1.29 is 29.3 Å². The maximum Gasteiger partial charge on any atom is 0.340 e. The molecular formula is C18H27Cl2NO6. The standard InChI is InChI=1S/C18H26ClNO6.ClH/c1-10-8-18(24,11(2)19)16(22)26-13-5-7-20-6-4-12(14(13)20)9-25-15(21)17(10,3)23;/h4,10-11,13-14,23-24H,5-9H2,1-3H3;1H/t10-,11-,13-,14-,17-,18+;/m1./s1. The van der Waals surface area contributed by atoms with Gasteiger partial charge in [-0.25, -0.2) is 9.59 Å². The van der Waals surface area contributed by atoms with Crippen LogP contribution < -0.4 is 0 Å². The molecule has 0 amide bonds. The maximum absolute atomic E-state index is 12.8. The predicted molar refractivity (Wildman–Crippen MR) is 101 cm³/mol. The first-order chi connectivity index (χ1) is 12.1. The Labute approximate surface area is 170 Å². The van der Waals surface area contributed by atoms with Crippen LogP contribution in [-0.4, -0.2) is 75.5 Å². The summed E-state index contributed by atoms with van der Waals surface area (Å²) in [6.07, 6.45) is 1.95. The minimum absolute atomic E-state index is 0. The van der Waals surface area contributed by atoms with Gasteiger partial charge >= 0.3 is 11.9 Å². The lowest BCUT2D eigenvalue weighted by Gasteiger charge is -2.37. The van der Waals surface area contributed by atoms with E-state index in [0.717, 1.165) is 12.1 Å². The number of cyclic esters (lactones) is 1. The maximum atomic E-state index is 12.8. The van der Waals surface area contributed by atoms with Gasteiger partial charge in [-0.15, -0.1) is 24.0 Å². The van der Waals surface area contributed by atoms with Crippen molar-refractivity contribution in [1.82, 2.24) is 4.90 Å². The molecule has 0 aromatic heterocycles. The normalized spacial score (nSPS) is 41.3. The number of carbonyl (C=O) groups excluding carboxylic acids is 2. The molecule has 3 aliphatic rings. The molecule has 0 saturated carbocycles. The molecule has 0 spiro atoms. The highest BCUT2D eigenvalue weighted by atomic mass is 35.5. The zero-order valence-corrected chi connectivity index (χ0v) is 17.3. The Morgan fingerprint density at radius 2 is 2.00 bits per heavy atom. The molecule has 27 heavy (non-hydrogen) atoms. The highest BCUT2D eigenvalue weighted by molar-refractivity contribution is 6.22. The summed E-state index contributed by atoms with van der Waals surface area (Å²) in [5.41, 5.74) is -3.03. The van der Waals surface area contributed by atoms with E-state index in [0.29, 0.717) is 13.0 Å². The van der Waals surface area contributed by atoms with Gasteiger partial charge in [-0.3, -0.25) is 4.90 Å². The first kappa shape index (κ1) is 22.4. The minimum atomic E-state index is -2.01. The Morgan fingerprint density at radius 3 is 2.63 bits per heavy atom. The number of halogens is 2. The van der Waals surface area contributed by atoms with Crippen LogP contribution in [0.2, 0.25) is 0 Å². The summed E-state index contributed by atoms with van der Waals surface area (Å²) in [7, 11) is 0. The third-order valence-corrected chi connectivity index (χ3v) is 6.41. The summed E-state index contributed by atoms with van der Waals surface area (Å²) in [5, 5.41) is 20.6. The van der Waals surface area contributed by atoms with E-state index in [-0.39, 0.29) is 31.5 Å². The van der Waals surface area contributed by atoms with Crippen LogP contribution in [0, 0.1) is 5.92 Å². The Kier molecular flexibility index (Phi) is 6.54. The van der Waals surface area contributed by atoms with Crippen molar-refractivity contribution in [1.29, 1.82) is 0 Å². The smallest absolute Gasteiger partial charge is 0.340 e. The molecule has 0 radical (unpaired) electrons. The van der Waals surface area contributed by atoms with E-state index < -0.39 is 40.5 Å². The van der Waals surface area contributed by atoms with Crippen molar-refractivity contribution in [3.8, 4) is 0 Å². The molecule has 0 aliphatic carbocycles. The Bertz CT molecular complexity index is 637. The van der Waals surface area contributed by atoms with Gasteiger partial charge in [0.2, 0.25) is 0 Å². The third kappa shape index (κ3) is 3.85. The van der Waals surface area contributed by atoms with Crippen molar-refractivity contribution in [2.75, 3.05) is 19.7 Å². The first-order valence-electron chi connectivity index (χ1n) is 8.97. The molecule has 3 rings (SSSR count). The van der Waals surface area contributed by atoms with Gasteiger partial charge in [-0.2, -0.15) is 0 Å². The molecule has 154 valence electrons. The number of ether oxygens (including phenoxy) is 2. The Balaban J connectivity index is 0.00000261. The largest absolute Gasteiger partial charge is 0.459 e. The number of carbonyl (C=O) groups is 2. The van der Waals surface area contributed by atoms with Crippen molar-refractivity contribution in [3.63, 3.8) is 0 Å². The van der Waals surface area contributed by atoms with Crippen LogP contribution in [0.5, 0.6) is 0 Å². The van der Waals surface area contributed by atoms with Crippen LogP contribution in [0.25, 0.3) is 0 Å². The van der Waals surface area contributed by atoms with E-state index in [4.69, 9.17) is 21.1 Å². The summed E-state index contributed by atoms with van der Waals surface area (Å²) in [4.78, 5) is 27.4. The molecule has 6 atom stereocenters. The van der Waals surface area contributed by atoms with Gasteiger partial charge in [-0.1, -0.05) is 13.0 Å². The molecule has 0 aromatic rings. The molecule has 9 heteroatoms. The van der Waals surface area contributed by atoms with Crippen LogP contribution in [0.1, 0.15) is 33.6 Å². The average Bonchev–Trinajstić information content (AvgIpc) is 3.14. The zero-order valence-electron chi connectivity index (χ0n) is 15.7. The molecular weight excluding hydrogens is 397 g/mol. The summed E-state index contributed by atoms with van der Waals surface area (Å²) in [5.74, 6) is -2.37. The van der Waals surface area contributed by atoms with Crippen LogP contribution in [-0.2, 0) is 19.1 Å². The van der Waals surface area contributed by atoms with Crippen LogP contribution in [0.4, 0.5) is 0 Å². The van der Waals surface area contributed by atoms with E-state index in [2.05, 4.69) is 4.90 Å². The molecule has 3 heterocycles. The molecule has 0 aromatic carbocycles. The van der Waals surface area contributed by atoms with E-state index in [9.17, 15) is 19.8 Å². The van der Waals surface area contributed by atoms with Crippen LogP contribution in [0.15, 0.2) is 11.6 Å². The Hall–Kier alpha value is -0.860. The summed E-state index contributed by atoms with van der Waals surface area (Å²) >= 11 is 6.12. The van der Waals surface area contributed by atoms with Crippen LogP contribution in [0.3, 0.4) is 0 Å². The molecule has 7 nitrogen and oxygen atoms in total. The Morgan fingerprint density at radius 1 is 1.33 bits per heavy atom. The lowest BCUT2D eigenvalue weighted by atomic mass is 9.79. The molecule has 2 fully saturated rings. The number of rotatable bonds is 1. The van der Waals surface area contributed by atoms with Gasteiger partial charge in [0.05, 0.1) is 11.4 Å². The van der Waals surface area contributed by atoms with Crippen molar-refractivity contribution >= 4 is 35.9 Å². The highest BCUT2D eigenvalue weighted by Crippen LogP contribution is 2.37. The fourth-order valence-corrected chi connectivity index (χ4v) is 4.11. The third-order valence-electron chi connectivity index (χ3n) is 6.04. The molecule has 2 saturated heterocycles. The summed E-state index contributed by atoms with van der Waals surface area (Å²) in [6.45, 7) is 5.88. The van der Waals surface area contributed by atoms with E-state index >= 15 is 0 Å². The van der Waals surface area contributed by atoms with Gasteiger partial charge in [0, 0.05) is 13.1 Å². The second-order valence-electron chi connectivity index (χ2n) is 7.82. The monoisotopic (exact) mass is 423 g/mol. The fraction of sp³-hybridized carbons (Fsp3) is 0.778. The first-order valence-corrected chi connectivity index (χ1v) is 9.41. The topological polar surface area (TPSA) is 96.3 Å². The second kappa shape index (κ2) is 7.87. The highest BCUT2D eigenvalue weighted by Gasteiger charge is 2.52. The minimum Gasteiger partial charge on any atom is -0.459 e. The lowest BCUT2D eigenvalue weighted by Crippen LogP contribution is -2.54. The quantitative estimate of drug-likeness (QED) is 0.369. The molecule has 0 unspecified atom stereocenters. The fourth-order valence-electron chi connectivity index (χ4n) is 3.94. The number of esters is 2. The van der Waals surface area contributed by atoms with Crippen molar-refractivity contribution in [2.24, 2.45) is 5.92 Å². The number of hydrogen-bond acceptors (Lipinski definition) is 7. The van der Waals surface area contributed by atoms with Gasteiger partial charge in [0.1, 0.15) is 12.7 Å². The van der Waals surface area contributed by atoms with Gasteiger partial charge in [0.25, 0.3) is 0 Å². The second-order valence-corrected chi connectivity index (χ2v) is 8.47. The lowest BCUT2D eigenvalue weighted by molar-refractivity contribution is -0.183. The van der Waals surface area contributed by atoms with Crippen molar-refractivity contribution in [2.45, 2.75) is 62.3 Å². The summed E-state index contributed by atoms with van der Waals surface area (Å²) in [6, 6.07) is -0.177. The van der Waals surface area contributed by atoms with Gasteiger partial charge in [-0.05, 0) is 38.2 Å². The molecule has 3 aliphatic heterocycles. The zero-order chi connectivity index (χ0) is 19.3. The molecule has 0 bridgehead atoms. The van der Waals surface area contributed by atoms with Gasteiger partial charge in [0.15, 0.2) is 11.2 Å². The number of hydrogen-bond donors (Lipinski definition) is 2. The number of alkyl halides is 1. The van der Waals surface area contributed by atoms with Gasteiger partial charge < -0.3 is 19.7 Å². The van der Waals surface area contributed by atoms with E-state index in [1.54, 1.807) is 6.92 Å². The number of nitrogens with zero attached hydrogens (tertiary/aromatic N) is 1. The summed E-state index contributed by atoms with van der Waals surface area (Å²) < 4.78 is 11.0. The van der Waals surface area contributed by atoms with Crippen molar-refractivity contribution in [3.05, 3.63) is 11.6 Å². The number of aliphatic hydroxyl groups is 2. The predicted octanol–water partition coefficient (Wildman–Crippen LogP) is 1.03. The molecule has 2 N–H and O–H groups in total. The SMILES string of the molecule is C[C@@H]1C[C@](O)([C@@H](C)Cl)C(=O)O[C@@H]2CCN3CC=C(COC(=O)[C@]1(C)O)[C@H]23.Cl. The van der Waals surface area contributed by atoms with Crippen LogP contribution >= 0.6 is 24.0 Å².